The van der Waals surface area contributed by atoms with Crippen LogP contribution in [0.2, 0.25) is 0 Å². The van der Waals surface area contributed by atoms with Crippen LogP contribution in [0.3, 0.4) is 0 Å². The molecule has 1 heteroatoms. The molecule has 0 bridgehead atoms. The van der Waals surface area contributed by atoms with E-state index in [1.54, 1.807) is 11.1 Å². The fraction of sp³-hybridized carbons (Fsp3) is 0.600. The van der Waals surface area contributed by atoms with Gasteiger partial charge in [0.15, 0.2) is 0 Å². The van der Waals surface area contributed by atoms with Crippen LogP contribution in [0.15, 0.2) is 24.3 Å². The maximum Gasteiger partial charge on any atom is 0.0136 e. The van der Waals surface area contributed by atoms with Crippen molar-refractivity contribution in [1.29, 1.82) is 0 Å². The maximum absolute atomic E-state index is 3.56. The maximum atomic E-state index is 3.56. The molecule has 1 nitrogen and oxygen atoms in total. The second-order valence-electron chi connectivity index (χ2n) is 5.42. The van der Waals surface area contributed by atoms with E-state index in [1.165, 1.54) is 32.1 Å². The molecule has 1 aromatic rings. The molecule has 0 radical (unpaired) electrons. The Bertz CT molecular complexity index is 367. The predicted molar refractivity (Wildman–Crippen MR) is 67.7 cm³/mol. The van der Waals surface area contributed by atoms with Crippen LogP contribution in [0.25, 0.3) is 0 Å². The van der Waals surface area contributed by atoms with E-state index >= 15 is 0 Å². The number of benzene rings is 1. The highest BCUT2D eigenvalue weighted by Gasteiger charge is 2.33. The normalized spacial score (nSPS) is 25.4. The van der Waals surface area contributed by atoms with Gasteiger partial charge in [0.2, 0.25) is 0 Å². The van der Waals surface area contributed by atoms with Crippen LogP contribution < -0.4 is 5.32 Å². The lowest BCUT2D eigenvalue weighted by molar-refractivity contribution is 0.413. The minimum Gasteiger partial charge on any atom is -0.316 e. The standard InChI is InChI=1S/C15H21N/c1-16-15(10-11-6-7-11)14-9-8-12-4-2-3-5-13(12)14/h2-5,11,14-16H,6-10H2,1H3. The second-order valence-corrected chi connectivity index (χ2v) is 5.42. The lowest BCUT2D eigenvalue weighted by Crippen LogP contribution is -2.31. The van der Waals surface area contributed by atoms with Crippen LogP contribution in [-0.2, 0) is 6.42 Å². The third kappa shape index (κ3) is 1.89. The molecule has 0 amide bonds. The molecule has 2 atom stereocenters. The van der Waals surface area contributed by atoms with Crippen molar-refractivity contribution in [2.24, 2.45) is 5.92 Å². The molecule has 0 saturated heterocycles. The molecule has 1 N–H and O–H groups in total. The van der Waals surface area contributed by atoms with Crippen LogP contribution in [0.4, 0.5) is 0 Å². The number of likely N-dealkylation sites (N-methyl/N-ethyl adjacent to an activating group) is 1. The van der Waals surface area contributed by atoms with Gasteiger partial charge in [0.05, 0.1) is 0 Å². The van der Waals surface area contributed by atoms with E-state index in [2.05, 4.69) is 36.6 Å². The van der Waals surface area contributed by atoms with Gasteiger partial charge in [0, 0.05) is 6.04 Å². The van der Waals surface area contributed by atoms with Crippen LogP contribution in [0.5, 0.6) is 0 Å². The van der Waals surface area contributed by atoms with E-state index in [-0.39, 0.29) is 0 Å². The summed E-state index contributed by atoms with van der Waals surface area (Å²) in [6.07, 6.45) is 6.94. The molecule has 2 aliphatic rings. The van der Waals surface area contributed by atoms with Gasteiger partial charge in [0.25, 0.3) is 0 Å². The van der Waals surface area contributed by atoms with Crippen molar-refractivity contribution in [1.82, 2.24) is 5.32 Å². The van der Waals surface area contributed by atoms with Crippen LogP contribution in [0, 0.1) is 5.92 Å². The van der Waals surface area contributed by atoms with Crippen LogP contribution in [-0.4, -0.2) is 13.1 Å². The molecule has 0 aliphatic heterocycles. The Morgan fingerprint density at radius 1 is 1.25 bits per heavy atom. The third-order valence-corrected chi connectivity index (χ3v) is 4.32. The summed E-state index contributed by atoms with van der Waals surface area (Å²) in [5.74, 6) is 1.78. The van der Waals surface area contributed by atoms with Gasteiger partial charge in [-0.25, -0.2) is 0 Å². The number of aryl methyl sites for hydroxylation is 1. The van der Waals surface area contributed by atoms with Crippen molar-refractivity contribution in [2.75, 3.05) is 7.05 Å². The second kappa shape index (κ2) is 4.21. The Hall–Kier alpha value is -0.820. The average Bonchev–Trinajstić information content (AvgIpc) is 3.04. The SMILES string of the molecule is CNC(CC1CC1)C1CCc2ccccc21. The smallest absolute Gasteiger partial charge is 0.0136 e. The van der Waals surface area contributed by atoms with Gasteiger partial charge < -0.3 is 5.32 Å². The quantitative estimate of drug-likeness (QED) is 0.813. The number of hydrogen-bond donors (Lipinski definition) is 1. The molecule has 16 heavy (non-hydrogen) atoms. The van der Waals surface area contributed by atoms with Crippen molar-refractivity contribution in [2.45, 2.75) is 44.1 Å². The molecule has 2 aliphatic carbocycles. The van der Waals surface area contributed by atoms with Gasteiger partial charge >= 0.3 is 0 Å². The largest absolute Gasteiger partial charge is 0.316 e. The summed E-state index contributed by atoms with van der Waals surface area (Å²) in [6.45, 7) is 0. The van der Waals surface area contributed by atoms with E-state index < -0.39 is 0 Å². The summed E-state index contributed by atoms with van der Waals surface area (Å²) < 4.78 is 0. The Labute approximate surface area is 98.3 Å². The summed E-state index contributed by atoms with van der Waals surface area (Å²) in [5.41, 5.74) is 3.20. The summed E-state index contributed by atoms with van der Waals surface area (Å²) >= 11 is 0. The molecule has 1 fully saturated rings. The van der Waals surface area contributed by atoms with Crippen molar-refractivity contribution >= 4 is 0 Å². The minimum atomic E-state index is 0.705. The van der Waals surface area contributed by atoms with E-state index in [9.17, 15) is 0 Å². The van der Waals surface area contributed by atoms with Gasteiger partial charge in [0.1, 0.15) is 0 Å². The first kappa shape index (κ1) is 10.3. The molecular weight excluding hydrogens is 194 g/mol. The monoisotopic (exact) mass is 215 g/mol. The Morgan fingerprint density at radius 3 is 2.81 bits per heavy atom. The number of rotatable bonds is 4. The van der Waals surface area contributed by atoms with Gasteiger partial charge in [-0.05, 0) is 49.3 Å². The predicted octanol–water partition coefficient (Wildman–Crippen LogP) is 3.10. The number of hydrogen-bond acceptors (Lipinski definition) is 1. The zero-order valence-electron chi connectivity index (χ0n) is 10.1. The van der Waals surface area contributed by atoms with E-state index in [0.717, 1.165) is 11.8 Å². The van der Waals surface area contributed by atoms with Gasteiger partial charge in [-0.15, -0.1) is 0 Å². The van der Waals surface area contributed by atoms with Crippen LogP contribution in [0.1, 0.15) is 42.7 Å². The van der Waals surface area contributed by atoms with Crippen molar-refractivity contribution in [3.05, 3.63) is 35.4 Å². The fourth-order valence-electron chi connectivity index (χ4n) is 3.20. The summed E-state index contributed by atoms with van der Waals surface area (Å²) in [5, 5.41) is 3.56. The Balaban J connectivity index is 1.78. The number of fused-ring (bicyclic) bond motifs is 1. The van der Waals surface area contributed by atoms with Crippen molar-refractivity contribution in [3.8, 4) is 0 Å². The molecule has 86 valence electrons. The van der Waals surface area contributed by atoms with Crippen molar-refractivity contribution in [3.63, 3.8) is 0 Å². The highest BCUT2D eigenvalue weighted by molar-refractivity contribution is 5.36. The molecule has 1 saturated carbocycles. The molecule has 0 heterocycles. The van der Waals surface area contributed by atoms with Gasteiger partial charge in [-0.1, -0.05) is 37.1 Å². The topological polar surface area (TPSA) is 12.0 Å². The molecule has 0 spiro atoms. The molecule has 2 unspecified atom stereocenters. The number of nitrogens with one attached hydrogen (secondary N) is 1. The molecule has 1 aromatic carbocycles. The Morgan fingerprint density at radius 2 is 2.06 bits per heavy atom. The molecule has 3 rings (SSSR count). The first-order chi connectivity index (χ1) is 7.88. The summed E-state index contributed by atoms with van der Waals surface area (Å²) in [7, 11) is 2.13. The highest BCUT2D eigenvalue weighted by Crippen LogP contribution is 2.41. The fourth-order valence-corrected chi connectivity index (χ4v) is 3.20. The Kier molecular flexibility index (Phi) is 2.72. The summed E-state index contributed by atoms with van der Waals surface area (Å²) in [4.78, 5) is 0. The lowest BCUT2D eigenvalue weighted by Gasteiger charge is -2.24. The average molecular weight is 215 g/mol. The van der Waals surface area contributed by atoms with E-state index in [0.29, 0.717) is 6.04 Å². The first-order valence-electron chi connectivity index (χ1n) is 6.63. The van der Waals surface area contributed by atoms with Crippen molar-refractivity contribution < 1.29 is 0 Å². The zero-order chi connectivity index (χ0) is 11.0. The van der Waals surface area contributed by atoms with E-state index in [4.69, 9.17) is 0 Å². The third-order valence-electron chi connectivity index (χ3n) is 4.32. The zero-order valence-corrected chi connectivity index (χ0v) is 10.1. The highest BCUT2D eigenvalue weighted by atomic mass is 14.9. The molecule has 0 aromatic heterocycles. The minimum absolute atomic E-state index is 0.705. The molecular formula is C15H21N. The van der Waals surface area contributed by atoms with Gasteiger partial charge in [-0.3, -0.25) is 0 Å². The van der Waals surface area contributed by atoms with E-state index in [1.807, 2.05) is 0 Å². The first-order valence-corrected chi connectivity index (χ1v) is 6.63. The van der Waals surface area contributed by atoms with Gasteiger partial charge in [-0.2, -0.15) is 0 Å². The van der Waals surface area contributed by atoms with Crippen LogP contribution >= 0.6 is 0 Å². The lowest BCUT2D eigenvalue weighted by atomic mass is 9.90. The summed E-state index contributed by atoms with van der Waals surface area (Å²) in [6, 6.07) is 9.72.